The SMILES string of the molecule is CCCCCCCCCCCCC1(CNC)CC1. The summed E-state index contributed by atoms with van der Waals surface area (Å²) < 4.78 is 0. The monoisotopic (exact) mass is 253 g/mol. The first-order valence-electron chi connectivity index (χ1n) is 8.47. The summed E-state index contributed by atoms with van der Waals surface area (Å²) in [6.07, 6.45) is 19.0. The molecule has 0 aromatic carbocycles. The third kappa shape index (κ3) is 7.41. The van der Waals surface area contributed by atoms with Crippen molar-refractivity contribution in [1.29, 1.82) is 0 Å². The smallest absolute Gasteiger partial charge is 0.000481 e. The van der Waals surface area contributed by atoms with Crippen LogP contribution in [0.15, 0.2) is 0 Å². The van der Waals surface area contributed by atoms with E-state index in [1.807, 2.05) is 0 Å². The molecule has 1 nitrogen and oxygen atoms in total. The fourth-order valence-corrected chi connectivity index (χ4v) is 3.05. The highest BCUT2D eigenvalue weighted by atomic mass is 14.8. The Labute approximate surface area is 115 Å². The molecular formula is C17H35N. The quantitative estimate of drug-likeness (QED) is 0.439. The highest BCUT2D eigenvalue weighted by molar-refractivity contribution is 4.94. The molecule has 0 radical (unpaired) electrons. The minimum atomic E-state index is 0.731. The zero-order valence-corrected chi connectivity index (χ0v) is 12.9. The summed E-state index contributed by atoms with van der Waals surface area (Å²) >= 11 is 0. The molecular weight excluding hydrogens is 218 g/mol. The van der Waals surface area contributed by atoms with Crippen LogP contribution in [0.1, 0.15) is 90.4 Å². The Hall–Kier alpha value is -0.0400. The zero-order chi connectivity index (χ0) is 13.1. The van der Waals surface area contributed by atoms with Crippen molar-refractivity contribution in [3.05, 3.63) is 0 Å². The maximum Gasteiger partial charge on any atom is 0.000481 e. The van der Waals surface area contributed by atoms with E-state index in [0.717, 1.165) is 5.41 Å². The molecule has 0 bridgehead atoms. The molecule has 0 atom stereocenters. The van der Waals surface area contributed by atoms with Crippen LogP contribution in [0.2, 0.25) is 0 Å². The second-order valence-electron chi connectivity index (χ2n) is 6.46. The zero-order valence-electron chi connectivity index (χ0n) is 12.9. The van der Waals surface area contributed by atoms with Crippen molar-refractivity contribution in [2.24, 2.45) is 5.41 Å². The van der Waals surface area contributed by atoms with E-state index in [0.29, 0.717) is 0 Å². The van der Waals surface area contributed by atoms with Gasteiger partial charge in [0.2, 0.25) is 0 Å². The predicted molar refractivity (Wildman–Crippen MR) is 82.1 cm³/mol. The Kier molecular flexibility index (Phi) is 8.75. The Bertz CT molecular complexity index is 184. The van der Waals surface area contributed by atoms with E-state index in [4.69, 9.17) is 0 Å². The highest BCUT2D eigenvalue weighted by Gasteiger charge is 2.40. The van der Waals surface area contributed by atoms with Crippen molar-refractivity contribution < 1.29 is 0 Å². The number of nitrogens with one attached hydrogen (secondary N) is 1. The van der Waals surface area contributed by atoms with E-state index in [-0.39, 0.29) is 0 Å². The Morgan fingerprint density at radius 2 is 1.28 bits per heavy atom. The van der Waals surface area contributed by atoms with E-state index >= 15 is 0 Å². The summed E-state index contributed by atoms with van der Waals surface area (Å²) in [6.45, 7) is 3.55. The summed E-state index contributed by atoms with van der Waals surface area (Å²) in [5.41, 5.74) is 0.731. The van der Waals surface area contributed by atoms with Gasteiger partial charge in [0.1, 0.15) is 0 Å². The predicted octanol–water partition coefficient (Wildman–Crippen LogP) is 5.30. The van der Waals surface area contributed by atoms with Gasteiger partial charge in [0.15, 0.2) is 0 Å². The minimum absolute atomic E-state index is 0.731. The molecule has 1 heteroatoms. The summed E-state index contributed by atoms with van der Waals surface area (Å²) in [7, 11) is 2.10. The van der Waals surface area contributed by atoms with E-state index in [1.54, 1.807) is 0 Å². The Morgan fingerprint density at radius 3 is 1.72 bits per heavy atom. The van der Waals surface area contributed by atoms with Crippen LogP contribution in [-0.4, -0.2) is 13.6 Å². The van der Waals surface area contributed by atoms with Gasteiger partial charge in [-0.1, -0.05) is 71.1 Å². The molecule has 1 N–H and O–H groups in total. The summed E-state index contributed by atoms with van der Waals surface area (Å²) in [5, 5.41) is 3.36. The van der Waals surface area contributed by atoms with Crippen molar-refractivity contribution in [3.8, 4) is 0 Å². The van der Waals surface area contributed by atoms with E-state index in [1.165, 1.54) is 90.0 Å². The lowest BCUT2D eigenvalue weighted by atomic mass is 9.97. The van der Waals surface area contributed by atoms with Gasteiger partial charge in [-0.2, -0.15) is 0 Å². The Balaban J connectivity index is 1.76. The average molecular weight is 253 g/mol. The van der Waals surface area contributed by atoms with Gasteiger partial charge in [-0.05, 0) is 31.7 Å². The first kappa shape index (κ1) is 16.0. The molecule has 0 unspecified atom stereocenters. The Morgan fingerprint density at radius 1 is 0.778 bits per heavy atom. The van der Waals surface area contributed by atoms with Crippen molar-refractivity contribution in [2.75, 3.05) is 13.6 Å². The van der Waals surface area contributed by atoms with Crippen molar-refractivity contribution in [1.82, 2.24) is 5.32 Å². The molecule has 1 aliphatic rings. The number of unbranched alkanes of at least 4 members (excludes halogenated alkanes) is 9. The molecule has 0 saturated heterocycles. The van der Waals surface area contributed by atoms with Gasteiger partial charge in [-0.25, -0.2) is 0 Å². The molecule has 0 heterocycles. The van der Waals surface area contributed by atoms with Gasteiger partial charge in [0.25, 0.3) is 0 Å². The molecule has 18 heavy (non-hydrogen) atoms. The third-order valence-corrected chi connectivity index (χ3v) is 4.57. The summed E-state index contributed by atoms with van der Waals surface area (Å²) in [4.78, 5) is 0. The van der Waals surface area contributed by atoms with Crippen LogP contribution in [0.4, 0.5) is 0 Å². The number of hydrogen-bond donors (Lipinski definition) is 1. The van der Waals surface area contributed by atoms with Gasteiger partial charge in [0, 0.05) is 6.54 Å². The first-order chi connectivity index (χ1) is 8.83. The summed E-state index contributed by atoms with van der Waals surface area (Å²) in [5.74, 6) is 0. The molecule has 1 rings (SSSR count). The molecule has 0 spiro atoms. The lowest BCUT2D eigenvalue weighted by Gasteiger charge is -2.13. The molecule has 1 aliphatic carbocycles. The van der Waals surface area contributed by atoms with Gasteiger partial charge < -0.3 is 5.32 Å². The molecule has 0 amide bonds. The van der Waals surface area contributed by atoms with Crippen LogP contribution >= 0.6 is 0 Å². The molecule has 0 aromatic rings. The molecule has 0 aliphatic heterocycles. The maximum atomic E-state index is 3.36. The van der Waals surface area contributed by atoms with Gasteiger partial charge in [0.05, 0.1) is 0 Å². The van der Waals surface area contributed by atoms with Crippen LogP contribution < -0.4 is 5.32 Å². The van der Waals surface area contributed by atoms with E-state index in [9.17, 15) is 0 Å². The number of rotatable bonds is 13. The lowest BCUT2D eigenvalue weighted by Crippen LogP contribution is -2.19. The second-order valence-corrected chi connectivity index (χ2v) is 6.46. The fraction of sp³-hybridized carbons (Fsp3) is 1.00. The molecule has 1 saturated carbocycles. The van der Waals surface area contributed by atoms with Crippen LogP contribution in [-0.2, 0) is 0 Å². The summed E-state index contributed by atoms with van der Waals surface area (Å²) in [6, 6.07) is 0. The fourth-order valence-electron chi connectivity index (χ4n) is 3.05. The third-order valence-electron chi connectivity index (χ3n) is 4.57. The van der Waals surface area contributed by atoms with Crippen LogP contribution in [0, 0.1) is 5.41 Å². The van der Waals surface area contributed by atoms with Crippen LogP contribution in [0.3, 0.4) is 0 Å². The normalized spacial score (nSPS) is 17.0. The second kappa shape index (κ2) is 9.83. The minimum Gasteiger partial charge on any atom is -0.319 e. The van der Waals surface area contributed by atoms with Crippen LogP contribution in [0.5, 0.6) is 0 Å². The van der Waals surface area contributed by atoms with E-state index < -0.39 is 0 Å². The standard InChI is InChI=1S/C17H35N/c1-3-4-5-6-7-8-9-10-11-12-13-17(14-15-17)16-18-2/h18H,3-16H2,1-2H3. The maximum absolute atomic E-state index is 3.36. The van der Waals surface area contributed by atoms with E-state index in [2.05, 4.69) is 19.3 Å². The topological polar surface area (TPSA) is 12.0 Å². The van der Waals surface area contributed by atoms with Gasteiger partial charge in [-0.3, -0.25) is 0 Å². The van der Waals surface area contributed by atoms with Crippen molar-refractivity contribution in [3.63, 3.8) is 0 Å². The largest absolute Gasteiger partial charge is 0.319 e. The van der Waals surface area contributed by atoms with Crippen molar-refractivity contribution >= 4 is 0 Å². The van der Waals surface area contributed by atoms with Crippen LogP contribution in [0.25, 0.3) is 0 Å². The van der Waals surface area contributed by atoms with Gasteiger partial charge >= 0.3 is 0 Å². The average Bonchev–Trinajstić information content (AvgIpc) is 3.12. The molecule has 1 fully saturated rings. The van der Waals surface area contributed by atoms with Crippen molar-refractivity contribution in [2.45, 2.75) is 90.4 Å². The molecule has 108 valence electrons. The molecule has 0 aromatic heterocycles. The first-order valence-corrected chi connectivity index (χ1v) is 8.47. The van der Waals surface area contributed by atoms with Gasteiger partial charge in [-0.15, -0.1) is 0 Å². The number of hydrogen-bond acceptors (Lipinski definition) is 1. The lowest BCUT2D eigenvalue weighted by molar-refractivity contribution is 0.415. The highest BCUT2D eigenvalue weighted by Crippen LogP contribution is 2.49.